The third-order valence-corrected chi connectivity index (χ3v) is 4.58. The SMILES string of the molecule is C#CCOCCOCCOCCOCCOCCOCCOCCOCCOCCOCCOCCC(=O)OC. The van der Waals surface area contributed by atoms with Gasteiger partial charge in [-0.1, -0.05) is 5.92 Å². The minimum atomic E-state index is -0.286. The Balaban J connectivity index is 3.04. The maximum atomic E-state index is 10.9. The van der Waals surface area contributed by atoms with E-state index in [9.17, 15) is 4.79 Å². The molecule has 0 aliphatic rings. The van der Waals surface area contributed by atoms with Gasteiger partial charge >= 0.3 is 5.97 Å². The Morgan fingerprint density at radius 1 is 0.425 bits per heavy atom. The quantitative estimate of drug-likeness (QED) is 0.0589. The van der Waals surface area contributed by atoms with E-state index >= 15 is 0 Å². The molecular formula is C27H50O13. The van der Waals surface area contributed by atoms with E-state index in [2.05, 4.69) is 10.7 Å². The van der Waals surface area contributed by atoms with E-state index in [-0.39, 0.29) is 12.4 Å². The van der Waals surface area contributed by atoms with Gasteiger partial charge in [-0.05, 0) is 0 Å². The van der Waals surface area contributed by atoms with Crippen molar-refractivity contribution in [3.63, 3.8) is 0 Å². The number of hydrogen-bond acceptors (Lipinski definition) is 13. The van der Waals surface area contributed by atoms with Gasteiger partial charge < -0.3 is 56.8 Å². The van der Waals surface area contributed by atoms with Gasteiger partial charge in [0.2, 0.25) is 0 Å². The molecule has 0 saturated carbocycles. The molecule has 0 aromatic carbocycles. The van der Waals surface area contributed by atoms with Crippen molar-refractivity contribution < 1.29 is 61.6 Å². The Morgan fingerprint density at radius 2 is 0.650 bits per heavy atom. The molecule has 0 aliphatic carbocycles. The van der Waals surface area contributed by atoms with Gasteiger partial charge in [0.1, 0.15) is 6.61 Å². The predicted octanol–water partition coefficient (Wildman–Crippen LogP) is 0.365. The van der Waals surface area contributed by atoms with E-state index in [1.807, 2.05) is 0 Å². The van der Waals surface area contributed by atoms with Crippen LogP contribution in [0.3, 0.4) is 0 Å². The zero-order valence-electron chi connectivity index (χ0n) is 24.1. The molecule has 0 amide bonds. The number of ether oxygens (including phenoxy) is 12. The smallest absolute Gasteiger partial charge is 0.307 e. The van der Waals surface area contributed by atoms with Crippen LogP contribution in [0.15, 0.2) is 0 Å². The summed E-state index contributed by atoms with van der Waals surface area (Å²) in [5, 5.41) is 0. The van der Waals surface area contributed by atoms with Crippen LogP contribution in [0.5, 0.6) is 0 Å². The fourth-order valence-corrected chi connectivity index (χ4v) is 2.59. The van der Waals surface area contributed by atoms with Crippen molar-refractivity contribution in [1.82, 2.24) is 0 Å². The van der Waals surface area contributed by atoms with Crippen molar-refractivity contribution in [3.05, 3.63) is 0 Å². The second kappa shape index (κ2) is 35.6. The fourth-order valence-electron chi connectivity index (χ4n) is 2.59. The van der Waals surface area contributed by atoms with E-state index in [0.29, 0.717) is 145 Å². The molecule has 0 aromatic heterocycles. The standard InChI is InChI=1S/C27H50O13/c1-3-5-30-7-9-32-11-13-34-15-17-36-19-21-38-23-25-40-26-24-39-22-20-37-18-16-35-14-12-33-10-8-31-6-4-27(28)29-2/h1H,4-26H2,2H3. The summed E-state index contributed by atoms with van der Waals surface area (Å²) in [6, 6.07) is 0. The molecule has 0 N–H and O–H groups in total. The Morgan fingerprint density at radius 3 is 0.875 bits per heavy atom. The number of hydrogen-bond donors (Lipinski definition) is 0. The molecule has 0 bridgehead atoms. The first-order chi connectivity index (χ1) is 19.8. The summed E-state index contributed by atoms with van der Waals surface area (Å²) >= 11 is 0. The van der Waals surface area contributed by atoms with Gasteiger partial charge in [0.05, 0.1) is 152 Å². The molecular weight excluding hydrogens is 532 g/mol. The van der Waals surface area contributed by atoms with Crippen molar-refractivity contribution in [2.24, 2.45) is 0 Å². The summed E-state index contributed by atoms with van der Waals surface area (Å²) in [5.74, 6) is 2.11. The van der Waals surface area contributed by atoms with Crippen LogP contribution in [0.25, 0.3) is 0 Å². The Labute approximate surface area is 239 Å². The predicted molar refractivity (Wildman–Crippen MR) is 144 cm³/mol. The topological polar surface area (TPSA) is 128 Å². The average Bonchev–Trinajstić information content (AvgIpc) is 2.97. The molecule has 40 heavy (non-hydrogen) atoms. The molecule has 0 radical (unpaired) electrons. The lowest BCUT2D eigenvalue weighted by molar-refractivity contribution is -0.141. The van der Waals surface area contributed by atoms with Gasteiger partial charge in [-0.15, -0.1) is 6.42 Å². The van der Waals surface area contributed by atoms with Gasteiger partial charge in [-0.2, -0.15) is 0 Å². The molecule has 0 aromatic rings. The second-order valence-electron chi connectivity index (χ2n) is 7.71. The van der Waals surface area contributed by atoms with E-state index < -0.39 is 0 Å². The molecule has 0 atom stereocenters. The number of terminal acetylenes is 1. The Bertz CT molecular complexity index is 545. The summed E-state index contributed by atoms with van der Waals surface area (Å²) < 4.78 is 63.5. The highest BCUT2D eigenvalue weighted by atomic mass is 16.6. The van der Waals surface area contributed by atoms with Crippen molar-refractivity contribution in [1.29, 1.82) is 0 Å². The van der Waals surface area contributed by atoms with Gasteiger partial charge in [-0.25, -0.2) is 0 Å². The lowest BCUT2D eigenvalue weighted by atomic mass is 10.5. The van der Waals surface area contributed by atoms with Crippen molar-refractivity contribution in [3.8, 4) is 12.3 Å². The normalized spacial score (nSPS) is 11.1. The van der Waals surface area contributed by atoms with Crippen molar-refractivity contribution in [2.45, 2.75) is 6.42 Å². The van der Waals surface area contributed by atoms with E-state index in [4.69, 9.17) is 58.5 Å². The first kappa shape index (κ1) is 38.6. The largest absolute Gasteiger partial charge is 0.469 e. The highest BCUT2D eigenvalue weighted by Gasteiger charge is 1.99. The molecule has 13 heteroatoms. The highest BCUT2D eigenvalue weighted by Crippen LogP contribution is 1.88. The third kappa shape index (κ3) is 34.6. The lowest BCUT2D eigenvalue weighted by Crippen LogP contribution is -2.15. The maximum absolute atomic E-state index is 10.9. The summed E-state index contributed by atoms with van der Waals surface area (Å²) in [4.78, 5) is 10.9. The molecule has 0 saturated heterocycles. The first-order valence-corrected chi connectivity index (χ1v) is 13.7. The number of methoxy groups -OCH3 is 1. The lowest BCUT2D eigenvalue weighted by Gasteiger charge is -2.09. The Hall–Kier alpha value is -1.41. The number of carbonyl (C=O) groups excluding carboxylic acids is 1. The number of rotatable bonds is 34. The number of carbonyl (C=O) groups is 1. The maximum Gasteiger partial charge on any atom is 0.307 e. The summed E-state index contributed by atoms with van der Waals surface area (Å²) in [7, 11) is 1.35. The van der Waals surface area contributed by atoms with Gasteiger partial charge in [0.25, 0.3) is 0 Å². The van der Waals surface area contributed by atoms with Gasteiger partial charge in [0, 0.05) is 0 Å². The fraction of sp³-hybridized carbons (Fsp3) is 0.889. The van der Waals surface area contributed by atoms with Crippen LogP contribution in [0, 0.1) is 12.3 Å². The minimum absolute atomic E-state index is 0.245. The summed E-state index contributed by atoms with van der Waals surface area (Å²) in [6.45, 7) is 10.5. The summed E-state index contributed by atoms with van der Waals surface area (Å²) in [5.41, 5.74) is 0. The molecule has 0 heterocycles. The van der Waals surface area contributed by atoms with Crippen LogP contribution in [0.2, 0.25) is 0 Å². The highest BCUT2D eigenvalue weighted by molar-refractivity contribution is 5.69. The van der Waals surface area contributed by atoms with Crippen LogP contribution < -0.4 is 0 Å². The van der Waals surface area contributed by atoms with Crippen LogP contribution in [-0.2, 0) is 61.6 Å². The second-order valence-corrected chi connectivity index (χ2v) is 7.71. The molecule has 0 fully saturated rings. The molecule has 0 unspecified atom stereocenters. The summed E-state index contributed by atoms with van der Waals surface area (Å²) in [6.07, 6.45) is 5.32. The van der Waals surface area contributed by atoms with Crippen LogP contribution in [-0.4, -0.2) is 158 Å². The van der Waals surface area contributed by atoms with Crippen molar-refractivity contribution in [2.75, 3.05) is 152 Å². The van der Waals surface area contributed by atoms with Gasteiger partial charge in [-0.3, -0.25) is 4.79 Å². The zero-order chi connectivity index (χ0) is 29.0. The molecule has 0 aliphatic heterocycles. The van der Waals surface area contributed by atoms with Crippen LogP contribution in [0.4, 0.5) is 0 Å². The molecule has 0 spiro atoms. The minimum Gasteiger partial charge on any atom is -0.469 e. The third-order valence-electron chi connectivity index (χ3n) is 4.58. The number of esters is 1. The monoisotopic (exact) mass is 582 g/mol. The van der Waals surface area contributed by atoms with Crippen LogP contribution >= 0.6 is 0 Å². The Kier molecular flexibility index (Phi) is 34.4. The molecule has 13 nitrogen and oxygen atoms in total. The molecule has 236 valence electrons. The average molecular weight is 583 g/mol. The van der Waals surface area contributed by atoms with Crippen LogP contribution in [0.1, 0.15) is 6.42 Å². The first-order valence-electron chi connectivity index (χ1n) is 13.7. The molecule has 0 rings (SSSR count). The van der Waals surface area contributed by atoms with E-state index in [0.717, 1.165) is 0 Å². The van der Waals surface area contributed by atoms with E-state index in [1.54, 1.807) is 0 Å². The van der Waals surface area contributed by atoms with Gasteiger partial charge in [0.15, 0.2) is 0 Å². The van der Waals surface area contributed by atoms with E-state index in [1.165, 1.54) is 7.11 Å². The van der Waals surface area contributed by atoms with Crippen molar-refractivity contribution >= 4 is 5.97 Å². The zero-order valence-corrected chi connectivity index (χ0v) is 24.1.